The Morgan fingerprint density at radius 2 is 1.68 bits per heavy atom. The van der Waals surface area contributed by atoms with Crippen LogP contribution in [0.15, 0.2) is 60.7 Å². The van der Waals surface area contributed by atoms with Gasteiger partial charge in [-0.3, -0.25) is 14.5 Å². The van der Waals surface area contributed by atoms with Crippen molar-refractivity contribution < 1.29 is 4.79 Å². The zero-order valence-corrected chi connectivity index (χ0v) is 17.1. The number of nitrogens with zero attached hydrogens (tertiary/aromatic N) is 2. The van der Waals surface area contributed by atoms with E-state index < -0.39 is 0 Å². The molecule has 0 radical (unpaired) electrons. The molecular formula is C22H26N4OS. The molecule has 0 aliphatic heterocycles. The number of hydrogen-bond acceptors (Lipinski definition) is 3. The summed E-state index contributed by atoms with van der Waals surface area (Å²) < 4.78 is 2.26. The number of aromatic nitrogens is 3. The van der Waals surface area contributed by atoms with Gasteiger partial charge in [-0.2, -0.15) is 5.10 Å². The van der Waals surface area contributed by atoms with Gasteiger partial charge < -0.3 is 5.32 Å². The van der Waals surface area contributed by atoms with Crippen molar-refractivity contribution in [3.05, 3.63) is 82.4 Å². The summed E-state index contributed by atoms with van der Waals surface area (Å²) in [6, 6.07) is 20.5. The molecule has 28 heavy (non-hydrogen) atoms. The number of aryl methyl sites for hydroxylation is 1. The second kappa shape index (κ2) is 9.46. The smallest absolute Gasteiger partial charge is 0.240 e. The average Bonchev–Trinajstić information content (AvgIpc) is 3.03. The molecule has 3 rings (SSSR count). The molecule has 1 amide bonds. The van der Waals surface area contributed by atoms with E-state index in [1.54, 1.807) is 4.57 Å². The lowest BCUT2D eigenvalue weighted by atomic mass is 9.86. The molecule has 1 heterocycles. The van der Waals surface area contributed by atoms with Crippen LogP contribution in [-0.4, -0.2) is 26.7 Å². The monoisotopic (exact) mass is 394 g/mol. The Morgan fingerprint density at radius 1 is 1.11 bits per heavy atom. The maximum Gasteiger partial charge on any atom is 0.240 e. The van der Waals surface area contributed by atoms with Gasteiger partial charge in [0, 0.05) is 18.4 Å². The number of carbonyl (C=O) groups is 1. The highest BCUT2D eigenvalue weighted by Crippen LogP contribution is 2.27. The fraction of sp³-hybridized carbons (Fsp3) is 0.318. The predicted octanol–water partition coefficient (Wildman–Crippen LogP) is 4.23. The van der Waals surface area contributed by atoms with Gasteiger partial charge in [-0.05, 0) is 36.7 Å². The van der Waals surface area contributed by atoms with Gasteiger partial charge in [0.1, 0.15) is 12.4 Å². The zero-order chi connectivity index (χ0) is 19.9. The van der Waals surface area contributed by atoms with E-state index in [1.165, 1.54) is 11.1 Å². The third-order valence-corrected chi connectivity index (χ3v) is 5.13. The summed E-state index contributed by atoms with van der Waals surface area (Å²) in [5.74, 6) is 0.816. The highest BCUT2D eigenvalue weighted by Gasteiger charge is 2.23. The Balaban J connectivity index is 1.79. The van der Waals surface area contributed by atoms with E-state index >= 15 is 0 Å². The Morgan fingerprint density at radius 3 is 2.21 bits per heavy atom. The van der Waals surface area contributed by atoms with Crippen LogP contribution in [0.25, 0.3) is 0 Å². The van der Waals surface area contributed by atoms with Crippen molar-refractivity contribution in [1.82, 2.24) is 20.1 Å². The Hall–Kier alpha value is -2.73. The molecule has 6 heteroatoms. The van der Waals surface area contributed by atoms with Crippen LogP contribution >= 0.6 is 12.2 Å². The van der Waals surface area contributed by atoms with Gasteiger partial charge in [0.05, 0.1) is 0 Å². The molecule has 1 unspecified atom stereocenters. The van der Waals surface area contributed by atoms with Gasteiger partial charge in [-0.15, -0.1) is 0 Å². The number of aromatic amines is 1. The highest BCUT2D eigenvalue weighted by molar-refractivity contribution is 7.71. The van der Waals surface area contributed by atoms with Crippen LogP contribution in [-0.2, 0) is 17.8 Å². The largest absolute Gasteiger partial charge is 0.351 e. The van der Waals surface area contributed by atoms with Gasteiger partial charge in [0.2, 0.25) is 5.91 Å². The molecule has 2 aromatic carbocycles. The zero-order valence-electron chi connectivity index (χ0n) is 16.3. The normalized spacial score (nSPS) is 12.1. The van der Waals surface area contributed by atoms with Crippen LogP contribution in [0.2, 0.25) is 0 Å². The second-order valence-electron chi connectivity index (χ2n) is 6.94. The van der Waals surface area contributed by atoms with Gasteiger partial charge in [-0.25, -0.2) is 0 Å². The van der Waals surface area contributed by atoms with Gasteiger partial charge in [0.25, 0.3) is 0 Å². The summed E-state index contributed by atoms with van der Waals surface area (Å²) in [5, 5.41) is 10.2. The Bertz CT molecular complexity index is 910. The number of hydrogen-bond donors (Lipinski definition) is 2. The summed E-state index contributed by atoms with van der Waals surface area (Å²) in [6.45, 7) is 4.30. The van der Waals surface area contributed by atoms with Crippen LogP contribution in [0.1, 0.15) is 43.1 Å². The Kier molecular flexibility index (Phi) is 6.76. The molecule has 1 atom stereocenters. The van der Waals surface area contributed by atoms with Gasteiger partial charge >= 0.3 is 0 Å². The summed E-state index contributed by atoms with van der Waals surface area (Å²) >= 11 is 5.29. The number of rotatable bonds is 8. The number of carbonyl (C=O) groups excluding carboxylic acids is 1. The van der Waals surface area contributed by atoms with Crippen LogP contribution in [0.4, 0.5) is 0 Å². The Labute approximate surface area is 170 Å². The third kappa shape index (κ3) is 4.75. The summed E-state index contributed by atoms with van der Waals surface area (Å²) in [6.07, 6.45) is 1.73. The van der Waals surface area contributed by atoms with E-state index in [2.05, 4.69) is 46.7 Å². The lowest BCUT2D eigenvalue weighted by Gasteiger charge is -2.26. The fourth-order valence-electron chi connectivity index (χ4n) is 3.54. The molecule has 2 N–H and O–H groups in total. The maximum atomic E-state index is 12.8. The van der Waals surface area contributed by atoms with Crippen molar-refractivity contribution in [3.8, 4) is 0 Å². The SMILES string of the molecule is CCCc1n[nH]c(=S)n1CC(=O)NC(C)C(c1ccccc1)c1ccccc1. The van der Waals surface area contributed by atoms with Crippen LogP contribution < -0.4 is 5.32 Å². The number of benzene rings is 2. The van der Waals surface area contributed by atoms with Crippen molar-refractivity contribution in [3.63, 3.8) is 0 Å². The first-order chi connectivity index (χ1) is 13.6. The predicted molar refractivity (Wildman–Crippen MR) is 114 cm³/mol. The average molecular weight is 395 g/mol. The lowest BCUT2D eigenvalue weighted by Crippen LogP contribution is -2.39. The first-order valence-corrected chi connectivity index (χ1v) is 10.0. The molecule has 0 aliphatic rings. The highest BCUT2D eigenvalue weighted by atomic mass is 32.1. The standard InChI is InChI=1S/C22H26N4OS/c1-3-10-19-24-25-22(28)26(19)15-20(27)23-16(2)21(17-11-6-4-7-12-17)18-13-8-5-9-14-18/h4-9,11-14,16,21H,3,10,15H2,1-2H3,(H,23,27)(H,25,28). The summed E-state index contributed by atoms with van der Waals surface area (Å²) in [4.78, 5) is 12.8. The lowest BCUT2D eigenvalue weighted by molar-refractivity contribution is -0.122. The van der Waals surface area contributed by atoms with Crippen LogP contribution in [0.5, 0.6) is 0 Å². The number of nitrogens with one attached hydrogen (secondary N) is 2. The third-order valence-electron chi connectivity index (χ3n) is 4.82. The molecule has 0 spiro atoms. The fourth-order valence-corrected chi connectivity index (χ4v) is 3.76. The minimum Gasteiger partial charge on any atom is -0.351 e. The molecule has 1 aromatic heterocycles. The summed E-state index contributed by atoms with van der Waals surface area (Å²) in [7, 11) is 0. The first kappa shape index (κ1) is 20.0. The van der Waals surface area contributed by atoms with E-state index in [4.69, 9.17) is 12.2 Å². The minimum absolute atomic E-state index is 0.0683. The molecule has 0 saturated carbocycles. The molecular weight excluding hydrogens is 368 g/mol. The van der Waals surface area contributed by atoms with E-state index in [1.807, 2.05) is 43.3 Å². The topological polar surface area (TPSA) is 62.7 Å². The van der Waals surface area contributed by atoms with Crippen molar-refractivity contribution in [2.45, 2.75) is 45.2 Å². The van der Waals surface area contributed by atoms with E-state index in [0.717, 1.165) is 18.7 Å². The van der Waals surface area contributed by atoms with Crippen molar-refractivity contribution in [1.29, 1.82) is 0 Å². The number of H-pyrrole nitrogens is 1. The quantitative estimate of drug-likeness (QED) is 0.562. The molecule has 3 aromatic rings. The first-order valence-electron chi connectivity index (χ1n) is 9.63. The molecule has 146 valence electrons. The van der Waals surface area contributed by atoms with E-state index in [9.17, 15) is 4.79 Å². The van der Waals surface area contributed by atoms with E-state index in [-0.39, 0.29) is 24.4 Å². The van der Waals surface area contributed by atoms with Gasteiger partial charge in [0.15, 0.2) is 4.77 Å². The van der Waals surface area contributed by atoms with E-state index in [0.29, 0.717) is 4.77 Å². The second-order valence-corrected chi connectivity index (χ2v) is 7.32. The molecule has 0 aliphatic carbocycles. The number of amides is 1. The molecule has 0 bridgehead atoms. The summed E-state index contributed by atoms with van der Waals surface area (Å²) in [5.41, 5.74) is 2.35. The van der Waals surface area contributed by atoms with Crippen LogP contribution in [0.3, 0.4) is 0 Å². The van der Waals surface area contributed by atoms with Gasteiger partial charge in [-0.1, -0.05) is 67.6 Å². The molecule has 5 nitrogen and oxygen atoms in total. The minimum atomic E-state index is -0.0759. The van der Waals surface area contributed by atoms with Crippen molar-refractivity contribution in [2.24, 2.45) is 0 Å². The van der Waals surface area contributed by atoms with Crippen molar-refractivity contribution >= 4 is 18.1 Å². The maximum absolute atomic E-state index is 12.8. The van der Waals surface area contributed by atoms with Crippen LogP contribution in [0, 0.1) is 4.77 Å². The molecule has 0 saturated heterocycles. The molecule has 0 fully saturated rings. The van der Waals surface area contributed by atoms with Crippen molar-refractivity contribution in [2.75, 3.05) is 0 Å².